The molecule has 2 N–H and O–H groups in total. The molecule has 1 aliphatic carbocycles. The van der Waals surface area contributed by atoms with Crippen molar-refractivity contribution in [2.24, 2.45) is 11.7 Å². The number of ether oxygens (including phenoxy) is 1. The van der Waals surface area contributed by atoms with Crippen LogP contribution in [0, 0.1) is 5.92 Å². The van der Waals surface area contributed by atoms with Crippen LogP contribution in [0.3, 0.4) is 0 Å². The predicted octanol–water partition coefficient (Wildman–Crippen LogP) is 0.607. The number of nitrogens with two attached hydrogens (primary N) is 1. The number of carbonyl (C=O) groups excluding carboxylic acids is 1. The highest BCUT2D eigenvalue weighted by molar-refractivity contribution is 5.82. The lowest BCUT2D eigenvalue weighted by Gasteiger charge is -2.27. The SMILES string of the molecule is COCCN(C(=O)[C@@H](N)C(C)C)C1CC1. The Morgan fingerprint density at radius 1 is 1.53 bits per heavy atom. The maximum Gasteiger partial charge on any atom is 0.240 e. The van der Waals surface area contributed by atoms with Crippen LogP contribution in [0.4, 0.5) is 0 Å². The maximum atomic E-state index is 12.0. The highest BCUT2D eigenvalue weighted by Crippen LogP contribution is 2.27. The van der Waals surface area contributed by atoms with Crippen molar-refractivity contribution >= 4 is 5.91 Å². The minimum Gasteiger partial charge on any atom is -0.383 e. The van der Waals surface area contributed by atoms with Gasteiger partial charge in [0.05, 0.1) is 12.6 Å². The summed E-state index contributed by atoms with van der Waals surface area (Å²) < 4.78 is 5.01. The van der Waals surface area contributed by atoms with E-state index in [1.165, 1.54) is 0 Å². The first-order valence-electron chi connectivity index (χ1n) is 5.63. The zero-order chi connectivity index (χ0) is 11.4. The van der Waals surface area contributed by atoms with Gasteiger partial charge in [0.25, 0.3) is 0 Å². The van der Waals surface area contributed by atoms with Gasteiger partial charge in [-0.05, 0) is 18.8 Å². The van der Waals surface area contributed by atoms with E-state index < -0.39 is 0 Å². The summed E-state index contributed by atoms with van der Waals surface area (Å²) in [5.41, 5.74) is 5.87. The Morgan fingerprint density at radius 2 is 2.13 bits per heavy atom. The number of amides is 1. The van der Waals surface area contributed by atoms with E-state index in [9.17, 15) is 4.79 Å². The summed E-state index contributed by atoms with van der Waals surface area (Å²) in [7, 11) is 1.65. The van der Waals surface area contributed by atoms with Gasteiger partial charge in [-0.1, -0.05) is 13.8 Å². The monoisotopic (exact) mass is 214 g/mol. The predicted molar refractivity (Wildman–Crippen MR) is 59.4 cm³/mol. The van der Waals surface area contributed by atoms with Gasteiger partial charge < -0.3 is 15.4 Å². The van der Waals surface area contributed by atoms with E-state index in [4.69, 9.17) is 10.5 Å². The Hall–Kier alpha value is -0.610. The van der Waals surface area contributed by atoms with Gasteiger partial charge in [0, 0.05) is 19.7 Å². The van der Waals surface area contributed by atoms with Gasteiger partial charge in [-0.15, -0.1) is 0 Å². The first-order chi connectivity index (χ1) is 7.07. The van der Waals surface area contributed by atoms with Gasteiger partial charge in [-0.25, -0.2) is 0 Å². The number of carbonyl (C=O) groups is 1. The first-order valence-corrected chi connectivity index (χ1v) is 5.63. The second-order valence-electron chi connectivity index (χ2n) is 4.53. The average molecular weight is 214 g/mol. The summed E-state index contributed by atoms with van der Waals surface area (Å²) in [4.78, 5) is 13.9. The van der Waals surface area contributed by atoms with Crippen LogP contribution in [0.1, 0.15) is 26.7 Å². The van der Waals surface area contributed by atoms with E-state index in [0.29, 0.717) is 19.2 Å². The molecule has 0 radical (unpaired) electrons. The Morgan fingerprint density at radius 3 is 2.53 bits per heavy atom. The highest BCUT2D eigenvalue weighted by atomic mass is 16.5. The van der Waals surface area contributed by atoms with Gasteiger partial charge >= 0.3 is 0 Å². The molecule has 1 saturated carbocycles. The molecule has 0 aromatic carbocycles. The van der Waals surface area contributed by atoms with Crippen LogP contribution in [0.15, 0.2) is 0 Å². The van der Waals surface area contributed by atoms with Gasteiger partial charge in [0.1, 0.15) is 0 Å². The first kappa shape index (κ1) is 12.5. The molecule has 0 spiro atoms. The number of nitrogens with zero attached hydrogens (tertiary/aromatic N) is 1. The third kappa shape index (κ3) is 3.47. The smallest absolute Gasteiger partial charge is 0.240 e. The molecule has 0 bridgehead atoms. The molecule has 1 aliphatic rings. The van der Waals surface area contributed by atoms with Gasteiger partial charge in [0.15, 0.2) is 0 Å². The van der Waals surface area contributed by atoms with E-state index in [1.807, 2.05) is 18.7 Å². The van der Waals surface area contributed by atoms with Crippen LogP contribution < -0.4 is 5.73 Å². The Bertz CT molecular complexity index is 215. The standard InChI is InChI=1S/C11H22N2O2/c1-8(2)10(12)11(14)13(6-7-15-3)9-4-5-9/h8-10H,4-7,12H2,1-3H3/t10-/m0/s1. The van der Waals surface area contributed by atoms with Crippen LogP contribution in [-0.4, -0.2) is 43.2 Å². The second kappa shape index (κ2) is 5.47. The fraction of sp³-hybridized carbons (Fsp3) is 0.909. The molecular weight excluding hydrogens is 192 g/mol. The molecule has 88 valence electrons. The van der Waals surface area contributed by atoms with Crippen LogP contribution in [0.2, 0.25) is 0 Å². The molecule has 0 unspecified atom stereocenters. The van der Waals surface area contributed by atoms with Crippen molar-refractivity contribution in [3.63, 3.8) is 0 Å². The summed E-state index contributed by atoms with van der Waals surface area (Å²) in [5, 5.41) is 0. The summed E-state index contributed by atoms with van der Waals surface area (Å²) in [6.07, 6.45) is 2.22. The molecule has 1 amide bonds. The van der Waals surface area contributed by atoms with Crippen molar-refractivity contribution in [3.8, 4) is 0 Å². The fourth-order valence-electron chi connectivity index (χ4n) is 1.53. The van der Waals surface area contributed by atoms with E-state index in [1.54, 1.807) is 7.11 Å². The lowest BCUT2D eigenvalue weighted by atomic mass is 10.0. The molecule has 15 heavy (non-hydrogen) atoms. The molecule has 1 atom stereocenters. The highest BCUT2D eigenvalue weighted by Gasteiger charge is 2.35. The van der Waals surface area contributed by atoms with Gasteiger partial charge in [-0.2, -0.15) is 0 Å². The third-order valence-electron chi connectivity index (χ3n) is 2.81. The zero-order valence-corrected chi connectivity index (χ0v) is 9.90. The summed E-state index contributed by atoms with van der Waals surface area (Å²) in [6, 6.07) is 0.0416. The van der Waals surface area contributed by atoms with Crippen molar-refractivity contribution in [1.29, 1.82) is 0 Å². The summed E-state index contributed by atoms with van der Waals surface area (Å²) >= 11 is 0. The molecule has 1 rings (SSSR count). The number of methoxy groups -OCH3 is 1. The van der Waals surface area contributed by atoms with Crippen LogP contribution >= 0.6 is 0 Å². The fourth-order valence-corrected chi connectivity index (χ4v) is 1.53. The Kier molecular flexibility index (Phi) is 4.54. The molecule has 0 aromatic rings. The van der Waals surface area contributed by atoms with Crippen LogP contribution in [0.5, 0.6) is 0 Å². The van der Waals surface area contributed by atoms with E-state index in [0.717, 1.165) is 12.8 Å². The van der Waals surface area contributed by atoms with Gasteiger partial charge in [0.2, 0.25) is 5.91 Å². The molecule has 0 saturated heterocycles. The minimum atomic E-state index is -0.373. The molecule has 1 fully saturated rings. The molecule has 0 aliphatic heterocycles. The summed E-state index contributed by atoms with van der Waals surface area (Å²) in [5.74, 6) is 0.269. The molecular formula is C11H22N2O2. The van der Waals surface area contributed by atoms with Crippen LogP contribution in [0.25, 0.3) is 0 Å². The Labute approximate surface area is 91.8 Å². The normalized spacial score (nSPS) is 17.9. The molecule has 0 heterocycles. The van der Waals surface area contributed by atoms with Crippen molar-refractivity contribution in [2.45, 2.75) is 38.8 Å². The molecule has 4 heteroatoms. The van der Waals surface area contributed by atoms with Crippen molar-refractivity contribution in [3.05, 3.63) is 0 Å². The van der Waals surface area contributed by atoms with Crippen molar-refractivity contribution < 1.29 is 9.53 Å². The van der Waals surface area contributed by atoms with E-state index in [-0.39, 0.29) is 17.9 Å². The van der Waals surface area contributed by atoms with Crippen molar-refractivity contribution in [2.75, 3.05) is 20.3 Å². The maximum absolute atomic E-state index is 12.0. The average Bonchev–Trinajstić information content (AvgIpc) is 3.00. The Balaban J connectivity index is 2.50. The van der Waals surface area contributed by atoms with Crippen LogP contribution in [-0.2, 0) is 9.53 Å². The lowest BCUT2D eigenvalue weighted by Crippen LogP contribution is -2.48. The third-order valence-corrected chi connectivity index (χ3v) is 2.81. The molecule has 0 aromatic heterocycles. The second-order valence-corrected chi connectivity index (χ2v) is 4.53. The zero-order valence-electron chi connectivity index (χ0n) is 9.90. The van der Waals surface area contributed by atoms with Gasteiger partial charge in [-0.3, -0.25) is 4.79 Å². The largest absolute Gasteiger partial charge is 0.383 e. The molecule has 4 nitrogen and oxygen atoms in total. The van der Waals surface area contributed by atoms with E-state index >= 15 is 0 Å². The lowest BCUT2D eigenvalue weighted by molar-refractivity contribution is -0.134. The van der Waals surface area contributed by atoms with E-state index in [2.05, 4.69) is 0 Å². The number of rotatable bonds is 6. The van der Waals surface area contributed by atoms with Crippen molar-refractivity contribution in [1.82, 2.24) is 4.90 Å². The minimum absolute atomic E-state index is 0.0737. The topological polar surface area (TPSA) is 55.6 Å². The summed E-state index contributed by atoms with van der Waals surface area (Å²) in [6.45, 7) is 5.21. The number of hydrogen-bond donors (Lipinski definition) is 1. The number of hydrogen-bond acceptors (Lipinski definition) is 3. The quantitative estimate of drug-likeness (QED) is 0.704.